The van der Waals surface area contributed by atoms with Crippen molar-refractivity contribution in [2.45, 2.75) is 18.9 Å². The first-order chi connectivity index (χ1) is 7.49. The molecule has 90 valence electrons. The Bertz CT molecular complexity index is 344. The highest BCUT2D eigenvalue weighted by Gasteiger charge is 2.09. The van der Waals surface area contributed by atoms with Crippen LogP contribution in [0.2, 0.25) is 0 Å². The first-order valence-corrected chi connectivity index (χ1v) is 6.05. The minimum atomic E-state index is -0.385. The zero-order valence-electron chi connectivity index (χ0n) is 9.58. The molecule has 1 unspecified atom stereocenters. The predicted octanol–water partition coefficient (Wildman–Crippen LogP) is 2.44. The Labute approximate surface area is 104 Å². The molecule has 1 rings (SSSR count). The molecule has 1 atom stereocenters. The lowest BCUT2D eigenvalue weighted by Crippen LogP contribution is -2.21. The molecule has 1 N–H and O–H groups in total. The smallest absolute Gasteiger partial charge is 0.124 e. The molecule has 0 aliphatic heterocycles. The van der Waals surface area contributed by atoms with E-state index in [9.17, 15) is 9.50 Å². The van der Waals surface area contributed by atoms with E-state index in [1.54, 1.807) is 6.07 Å². The second kappa shape index (κ2) is 6.33. The van der Waals surface area contributed by atoms with E-state index in [-0.39, 0.29) is 11.9 Å². The Morgan fingerprint density at radius 3 is 2.69 bits per heavy atom. The Hall–Kier alpha value is -0.450. The number of rotatable bonds is 5. The first kappa shape index (κ1) is 13.6. The standard InChI is InChI=1S/C12H17BrFNO/c1-15(2)6-5-11(16)7-9-3-4-10(14)8-12(9)13/h3-4,8,11,16H,5-7H2,1-2H3. The second-order valence-corrected chi connectivity index (χ2v) is 5.04. The van der Waals surface area contributed by atoms with E-state index in [4.69, 9.17) is 0 Å². The van der Waals surface area contributed by atoms with Crippen molar-refractivity contribution in [3.8, 4) is 0 Å². The van der Waals surface area contributed by atoms with Crippen molar-refractivity contribution in [1.29, 1.82) is 0 Å². The van der Waals surface area contributed by atoms with Gasteiger partial charge in [-0.2, -0.15) is 0 Å². The number of aliphatic hydroxyl groups is 1. The van der Waals surface area contributed by atoms with E-state index in [1.807, 2.05) is 19.0 Å². The summed E-state index contributed by atoms with van der Waals surface area (Å²) in [4.78, 5) is 2.03. The molecule has 0 heterocycles. The fraction of sp³-hybridized carbons (Fsp3) is 0.500. The van der Waals surface area contributed by atoms with Crippen LogP contribution in [0.3, 0.4) is 0 Å². The van der Waals surface area contributed by atoms with Gasteiger partial charge in [0.1, 0.15) is 5.82 Å². The van der Waals surface area contributed by atoms with Gasteiger partial charge in [0.15, 0.2) is 0 Å². The maximum atomic E-state index is 12.8. The highest BCUT2D eigenvalue weighted by atomic mass is 79.9. The van der Waals surface area contributed by atoms with Gasteiger partial charge in [0, 0.05) is 4.47 Å². The van der Waals surface area contributed by atoms with Crippen molar-refractivity contribution in [2.75, 3.05) is 20.6 Å². The Kier molecular flexibility index (Phi) is 5.38. The quantitative estimate of drug-likeness (QED) is 0.900. The molecular weight excluding hydrogens is 273 g/mol. The van der Waals surface area contributed by atoms with Crippen LogP contribution >= 0.6 is 15.9 Å². The lowest BCUT2D eigenvalue weighted by Gasteiger charge is -2.15. The molecule has 0 aliphatic carbocycles. The van der Waals surface area contributed by atoms with Gasteiger partial charge in [0.2, 0.25) is 0 Å². The number of nitrogens with zero attached hydrogens (tertiary/aromatic N) is 1. The van der Waals surface area contributed by atoms with Crippen molar-refractivity contribution < 1.29 is 9.50 Å². The highest BCUT2D eigenvalue weighted by Crippen LogP contribution is 2.20. The normalized spacial score (nSPS) is 13.1. The van der Waals surface area contributed by atoms with Crippen LogP contribution in [0.1, 0.15) is 12.0 Å². The van der Waals surface area contributed by atoms with Gasteiger partial charge in [-0.15, -0.1) is 0 Å². The third-order valence-electron chi connectivity index (χ3n) is 2.38. The monoisotopic (exact) mass is 289 g/mol. The molecule has 1 aromatic rings. The largest absolute Gasteiger partial charge is 0.393 e. The van der Waals surface area contributed by atoms with Gasteiger partial charge in [-0.3, -0.25) is 0 Å². The van der Waals surface area contributed by atoms with Crippen LogP contribution in [0.5, 0.6) is 0 Å². The van der Waals surface area contributed by atoms with Crippen LogP contribution in [-0.4, -0.2) is 36.8 Å². The summed E-state index contributed by atoms with van der Waals surface area (Å²) in [7, 11) is 3.95. The number of aliphatic hydroxyl groups excluding tert-OH is 1. The van der Waals surface area contributed by atoms with E-state index < -0.39 is 0 Å². The van der Waals surface area contributed by atoms with Crippen molar-refractivity contribution >= 4 is 15.9 Å². The summed E-state index contributed by atoms with van der Waals surface area (Å²) in [6.45, 7) is 0.847. The van der Waals surface area contributed by atoms with Gasteiger partial charge in [-0.1, -0.05) is 22.0 Å². The molecular formula is C12H17BrFNO. The van der Waals surface area contributed by atoms with E-state index in [0.29, 0.717) is 6.42 Å². The average Bonchev–Trinajstić information content (AvgIpc) is 2.19. The molecule has 1 aromatic carbocycles. The lowest BCUT2D eigenvalue weighted by atomic mass is 10.1. The van der Waals surface area contributed by atoms with E-state index in [0.717, 1.165) is 23.0 Å². The fourth-order valence-electron chi connectivity index (χ4n) is 1.45. The van der Waals surface area contributed by atoms with Crippen LogP contribution in [0.25, 0.3) is 0 Å². The molecule has 0 spiro atoms. The van der Waals surface area contributed by atoms with Gasteiger partial charge >= 0.3 is 0 Å². The van der Waals surface area contributed by atoms with Crippen molar-refractivity contribution in [3.05, 3.63) is 34.1 Å². The number of benzene rings is 1. The molecule has 0 aliphatic rings. The van der Waals surface area contributed by atoms with E-state index >= 15 is 0 Å². The summed E-state index contributed by atoms with van der Waals surface area (Å²) in [5.41, 5.74) is 0.938. The SMILES string of the molecule is CN(C)CCC(O)Cc1ccc(F)cc1Br. The molecule has 0 fully saturated rings. The van der Waals surface area contributed by atoms with Gasteiger partial charge in [-0.25, -0.2) is 4.39 Å². The zero-order chi connectivity index (χ0) is 12.1. The molecule has 0 saturated carbocycles. The van der Waals surface area contributed by atoms with E-state index in [1.165, 1.54) is 12.1 Å². The van der Waals surface area contributed by atoms with Crippen LogP contribution in [0, 0.1) is 5.82 Å². The van der Waals surface area contributed by atoms with Crippen molar-refractivity contribution in [3.63, 3.8) is 0 Å². The average molecular weight is 290 g/mol. The highest BCUT2D eigenvalue weighted by molar-refractivity contribution is 9.10. The summed E-state index contributed by atoms with van der Waals surface area (Å²) >= 11 is 3.29. The van der Waals surface area contributed by atoms with Gasteiger partial charge in [0.05, 0.1) is 6.10 Å². The Balaban J connectivity index is 2.52. The topological polar surface area (TPSA) is 23.5 Å². The summed E-state index contributed by atoms with van der Waals surface area (Å²) in [5.74, 6) is -0.265. The van der Waals surface area contributed by atoms with Gasteiger partial charge < -0.3 is 10.0 Å². The summed E-state index contributed by atoms with van der Waals surface area (Å²) in [5, 5.41) is 9.80. The van der Waals surface area contributed by atoms with Crippen molar-refractivity contribution in [1.82, 2.24) is 4.90 Å². The van der Waals surface area contributed by atoms with E-state index in [2.05, 4.69) is 15.9 Å². The molecule has 16 heavy (non-hydrogen) atoms. The third kappa shape index (κ3) is 4.60. The van der Waals surface area contributed by atoms with Crippen LogP contribution in [-0.2, 0) is 6.42 Å². The maximum absolute atomic E-state index is 12.8. The summed E-state index contributed by atoms with van der Waals surface area (Å²) < 4.78 is 13.6. The fourth-order valence-corrected chi connectivity index (χ4v) is 1.96. The summed E-state index contributed by atoms with van der Waals surface area (Å²) in [6.07, 6.45) is 0.884. The molecule has 0 aromatic heterocycles. The molecule has 0 saturated heterocycles. The molecule has 4 heteroatoms. The second-order valence-electron chi connectivity index (χ2n) is 4.19. The Morgan fingerprint density at radius 2 is 2.12 bits per heavy atom. The minimum absolute atomic E-state index is 0.265. The van der Waals surface area contributed by atoms with Crippen molar-refractivity contribution in [2.24, 2.45) is 0 Å². The molecule has 2 nitrogen and oxygen atoms in total. The summed E-state index contributed by atoms with van der Waals surface area (Å²) in [6, 6.07) is 4.55. The number of hydrogen-bond acceptors (Lipinski definition) is 2. The first-order valence-electron chi connectivity index (χ1n) is 5.25. The third-order valence-corrected chi connectivity index (χ3v) is 3.12. The lowest BCUT2D eigenvalue weighted by molar-refractivity contribution is 0.152. The zero-order valence-corrected chi connectivity index (χ0v) is 11.2. The molecule has 0 radical (unpaired) electrons. The maximum Gasteiger partial charge on any atom is 0.124 e. The van der Waals surface area contributed by atoms with Crippen LogP contribution in [0.4, 0.5) is 4.39 Å². The number of halogens is 2. The van der Waals surface area contributed by atoms with Crippen LogP contribution in [0.15, 0.2) is 22.7 Å². The van der Waals surface area contributed by atoms with Gasteiger partial charge in [-0.05, 0) is 51.2 Å². The molecule has 0 amide bonds. The predicted molar refractivity (Wildman–Crippen MR) is 67.0 cm³/mol. The van der Waals surface area contributed by atoms with Gasteiger partial charge in [0.25, 0.3) is 0 Å². The minimum Gasteiger partial charge on any atom is -0.393 e. The Morgan fingerprint density at radius 1 is 1.44 bits per heavy atom. The molecule has 0 bridgehead atoms. The van der Waals surface area contributed by atoms with Crippen LogP contribution < -0.4 is 0 Å². The number of hydrogen-bond donors (Lipinski definition) is 1.